The van der Waals surface area contributed by atoms with Gasteiger partial charge in [0.2, 0.25) is 0 Å². The predicted molar refractivity (Wildman–Crippen MR) is 130 cm³/mol. The highest BCUT2D eigenvalue weighted by Gasteiger charge is 2.55. The molecule has 0 spiro atoms. The van der Waals surface area contributed by atoms with E-state index in [0.717, 1.165) is 12.1 Å². The van der Waals surface area contributed by atoms with Gasteiger partial charge in [0.05, 0.1) is 40.1 Å². The van der Waals surface area contributed by atoms with E-state index in [-0.39, 0.29) is 59.1 Å². The third kappa shape index (κ3) is 5.28. The Morgan fingerprint density at radius 3 is 2.44 bits per heavy atom. The van der Waals surface area contributed by atoms with Gasteiger partial charge in [-0.2, -0.15) is 0 Å². The number of carbonyl (C=O) groups excluding carboxylic acids is 1. The van der Waals surface area contributed by atoms with Gasteiger partial charge in [0.25, 0.3) is 5.91 Å². The first-order valence-electron chi connectivity index (χ1n) is 11.7. The van der Waals surface area contributed by atoms with Crippen LogP contribution in [-0.2, 0) is 14.6 Å². The van der Waals surface area contributed by atoms with Crippen molar-refractivity contribution in [3.63, 3.8) is 0 Å². The number of sulfone groups is 1. The molecule has 2 fully saturated rings. The molecular weight excluding hydrogens is 516 g/mol. The molecule has 4 rings (SSSR count). The predicted octanol–water partition coefficient (Wildman–Crippen LogP) is 3.96. The minimum atomic E-state index is -3.96. The number of fused-ring (bicyclic) bond motifs is 2. The van der Waals surface area contributed by atoms with Crippen molar-refractivity contribution in [2.24, 2.45) is 11.8 Å². The molecule has 2 aromatic carbocycles. The number of ether oxygens (including phenoxy) is 1. The van der Waals surface area contributed by atoms with Crippen LogP contribution in [0.15, 0.2) is 41.3 Å². The van der Waals surface area contributed by atoms with Crippen LogP contribution in [0, 0.1) is 23.5 Å². The van der Waals surface area contributed by atoms with Crippen LogP contribution in [0.25, 0.3) is 0 Å². The van der Waals surface area contributed by atoms with Gasteiger partial charge in [0, 0.05) is 17.3 Å². The zero-order valence-corrected chi connectivity index (χ0v) is 21.2. The Hall–Kier alpha value is -2.11. The van der Waals surface area contributed by atoms with Crippen LogP contribution in [0.3, 0.4) is 0 Å². The molecule has 0 saturated heterocycles. The first-order chi connectivity index (χ1) is 16.9. The summed E-state index contributed by atoms with van der Waals surface area (Å²) in [5.74, 6) is -3.47. The van der Waals surface area contributed by atoms with Gasteiger partial charge in [0.1, 0.15) is 0 Å². The van der Waals surface area contributed by atoms with Crippen LogP contribution in [0.1, 0.15) is 43.0 Å². The average Bonchev–Trinajstić information content (AvgIpc) is 2.98. The third-order valence-corrected chi connectivity index (χ3v) is 9.84. The maximum absolute atomic E-state index is 13.6. The lowest BCUT2D eigenvalue weighted by Gasteiger charge is -2.42. The van der Waals surface area contributed by atoms with E-state index in [2.05, 4.69) is 5.32 Å². The molecule has 36 heavy (non-hydrogen) atoms. The fourth-order valence-corrected chi connectivity index (χ4v) is 7.71. The molecule has 0 aliphatic heterocycles. The van der Waals surface area contributed by atoms with Crippen molar-refractivity contribution in [1.82, 2.24) is 0 Å². The summed E-state index contributed by atoms with van der Waals surface area (Å²) < 4.78 is 59.3. The molecule has 0 radical (unpaired) electrons. The average molecular weight is 544 g/mol. The van der Waals surface area contributed by atoms with Gasteiger partial charge in [-0.05, 0) is 74.8 Å². The van der Waals surface area contributed by atoms with Gasteiger partial charge in [-0.25, -0.2) is 17.2 Å². The Labute approximate surface area is 213 Å². The molecule has 2 aromatic rings. The first kappa shape index (κ1) is 26.9. The molecule has 5 atom stereocenters. The summed E-state index contributed by atoms with van der Waals surface area (Å²) >= 11 is 6.25. The summed E-state index contributed by atoms with van der Waals surface area (Å²) in [5.41, 5.74) is -1.15. The Morgan fingerprint density at radius 2 is 1.83 bits per heavy atom. The molecule has 1 amide bonds. The smallest absolute Gasteiger partial charge is 0.255 e. The van der Waals surface area contributed by atoms with E-state index in [1.807, 2.05) is 0 Å². The number of aliphatic hydroxyl groups is 2. The fraction of sp³-hybridized carbons (Fsp3) is 0.480. The lowest BCUT2D eigenvalue weighted by molar-refractivity contribution is -0.121. The number of carbonyl (C=O) groups is 1. The molecule has 0 aromatic heterocycles. The highest BCUT2D eigenvalue weighted by molar-refractivity contribution is 7.92. The minimum absolute atomic E-state index is 0.00971. The second kappa shape index (κ2) is 10.3. The first-order valence-corrected chi connectivity index (χ1v) is 13.6. The Morgan fingerprint density at radius 1 is 1.17 bits per heavy atom. The van der Waals surface area contributed by atoms with E-state index in [0.29, 0.717) is 12.8 Å². The standard InChI is InChI=1S/C25H28ClF2NO6S/c1-14(30)12-35-13-25(32)16-3-4-17(25)10-19(9-16)36(33,34)23-8-15(2-6-20(23)26)24(31)29-18-5-7-21(27)22(28)11-18/h2,5-8,11,14,16-17,19,30,32H,3-4,9-10,12-13H2,1H3,(H,29,31)/t14-,16+,17?,19?,25?/m1/s1. The quantitative estimate of drug-likeness (QED) is 0.464. The van der Waals surface area contributed by atoms with E-state index >= 15 is 0 Å². The lowest BCUT2D eigenvalue weighted by Crippen LogP contribution is -2.51. The van der Waals surface area contributed by atoms with Crippen molar-refractivity contribution in [3.8, 4) is 0 Å². The van der Waals surface area contributed by atoms with Crippen molar-refractivity contribution >= 4 is 33.0 Å². The van der Waals surface area contributed by atoms with Gasteiger partial charge in [0.15, 0.2) is 21.5 Å². The number of aliphatic hydroxyl groups excluding tert-OH is 1. The molecule has 2 aliphatic rings. The van der Waals surface area contributed by atoms with E-state index in [1.54, 1.807) is 6.92 Å². The number of anilines is 1. The van der Waals surface area contributed by atoms with Crippen LogP contribution in [0.5, 0.6) is 0 Å². The summed E-state index contributed by atoms with van der Waals surface area (Å²) in [6.45, 7) is 1.69. The summed E-state index contributed by atoms with van der Waals surface area (Å²) in [4.78, 5) is 12.5. The van der Waals surface area contributed by atoms with E-state index in [9.17, 15) is 32.2 Å². The molecule has 3 N–H and O–H groups in total. The molecule has 2 bridgehead atoms. The van der Waals surface area contributed by atoms with Gasteiger partial charge in [-0.3, -0.25) is 4.79 Å². The largest absolute Gasteiger partial charge is 0.391 e. The van der Waals surface area contributed by atoms with Crippen LogP contribution in [-0.4, -0.2) is 54.7 Å². The second-order valence-electron chi connectivity index (χ2n) is 9.69. The second-order valence-corrected chi connectivity index (χ2v) is 12.3. The molecule has 3 unspecified atom stereocenters. The van der Waals surface area contributed by atoms with Gasteiger partial charge in [-0.15, -0.1) is 0 Å². The van der Waals surface area contributed by atoms with Crippen molar-refractivity contribution in [3.05, 3.63) is 58.6 Å². The molecule has 11 heteroatoms. The molecule has 7 nitrogen and oxygen atoms in total. The number of rotatable bonds is 8. The van der Waals surface area contributed by atoms with E-state index in [1.165, 1.54) is 24.3 Å². The van der Waals surface area contributed by atoms with Crippen LogP contribution >= 0.6 is 11.6 Å². The van der Waals surface area contributed by atoms with Crippen LogP contribution < -0.4 is 5.32 Å². The summed E-state index contributed by atoms with van der Waals surface area (Å²) in [6.07, 6.45) is 1.09. The van der Waals surface area contributed by atoms with Crippen molar-refractivity contribution in [1.29, 1.82) is 0 Å². The molecule has 2 aliphatic carbocycles. The highest BCUT2D eigenvalue weighted by atomic mass is 35.5. The molecule has 196 valence electrons. The van der Waals surface area contributed by atoms with E-state index in [4.69, 9.17) is 16.3 Å². The number of benzene rings is 2. The van der Waals surface area contributed by atoms with Crippen LogP contribution in [0.2, 0.25) is 5.02 Å². The van der Waals surface area contributed by atoms with E-state index < -0.39 is 44.3 Å². The highest BCUT2D eigenvalue weighted by Crippen LogP contribution is 2.52. The Bertz CT molecular complexity index is 1240. The summed E-state index contributed by atoms with van der Waals surface area (Å²) in [5, 5.41) is 22.3. The molecule has 2 saturated carbocycles. The van der Waals surface area contributed by atoms with Crippen molar-refractivity contribution in [2.75, 3.05) is 18.5 Å². The van der Waals surface area contributed by atoms with Crippen LogP contribution in [0.4, 0.5) is 14.5 Å². The van der Waals surface area contributed by atoms with Gasteiger partial charge >= 0.3 is 0 Å². The summed E-state index contributed by atoms with van der Waals surface area (Å²) in [6, 6.07) is 6.72. The maximum Gasteiger partial charge on any atom is 0.255 e. The van der Waals surface area contributed by atoms with Crippen molar-refractivity contribution < 1.29 is 36.9 Å². The molecule has 0 heterocycles. The van der Waals surface area contributed by atoms with Gasteiger partial charge in [-0.1, -0.05) is 11.6 Å². The summed E-state index contributed by atoms with van der Waals surface area (Å²) in [7, 11) is -3.96. The Balaban J connectivity index is 1.53. The topological polar surface area (TPSA) is 113 Å². The SMILES string of the molecule is C[C@@H](O)COCC1(O)C2CC[C@H]1CC(S(=O)(=O)c1cc(C(=O)Nc3ccc(F)c(F)c3)ccc1Cl)C2. The van der Waals surface area contributed by atoms with Gasteiger partial charge < -0.3 is 20.3 Å². The molecular formula is C25H28ClF2NO6S. The number of nitrogens with one attached hydrogen (secondary N) is 1. The number of hydrogen-bond donors (Lipinski definition) is 3. The number of amides is 1. The maximum atomic E-state index is 13.6. The minimum Gasteiger partial charge on any atom is -0.391 e. The third-order valence-electron chi connectivity index (χ3n) is 7.18. The Kier molecular flexibility index (Phi) is 7.73. The van der Waals surface area contributed by atoms with Crippen molar-refractivity contribution in [2.45, 2.75) is 54.5 Å². The zero-order chi connectivity index (χ0) is 26.3. The number of halogens is 3. The number of hydrogen-bond acceptors (Lipinski definition) is 6. The fourth-order valence-electron chi connectivity index (χ4n) is 5.31. The normalized spacial score (nSPS) is 26.6. The monoisotopic (exact) mass is 543 g/mol. The lowest BCUT2D eigenvalue weighted by atomic mass is 9.75. The zero-order valence-electron chi connectivity index (χ0n) is 19.6.